The fourth-order valence-electron chi connectivity index (χ4n) is 2.65. The van der Waals surface area contributed by atoms with Crippen molar-refractivity contribution >= 4 is 11.8 Å². The lowest BCUT2D eigenvalue weighted by atomic mass is 9.90. The molecule has 1 aliphatic carbocycles. The lowest BCUT2D eigenvalue weighted by Crippen LogP contribution is -2.27. The van der Waals surface area contributed by atoms with Crippen LogP contribution in [0.3, 0.4) is 0 Å². The summed E-state index contributed by atoms with van der Waals surface area (Å²) >= 11 is 0. The van der Waals surface area contributed by atoms with Gasteiger partial charge in [0.25, 0.3) is 0 Å². The van der Waals surface area contributed by atoms with Crippen LogP contribution in [0.25, 0.3) is 0 Å². The Morgan fingerprint density at radius 1 is 1.26 bits per heavy atom. The molecule has 1 atom stereocenters. The van der Waals surface area contributed by atoms with E-state index in [-0.39, 0.29) is 11.8 Å². The van der Waals surface area contributed by atoms with E-state index in [1.54, 1.807) is 12.2 Å². The fourth-order valence-corrected chi connectivity index (χ4v) is 2.65. The highest BCUT2D eigenvalue weighted by Gasteiger charge is 2.36. The molecule has 128 valence electrons. The maximum Gasteiger partial charge on any atom is 0.305 e. The molecular formula is C19H28O4. The van der Waals surface area contributed by atoms with Crippen molar-refractivity contribution in [2.24, 2.45) is 0 Å². The van der Waals surface area contributed by atoms with Crippen LogP contribution in [0.15, 0.2) is 36.0 Å². The summed E-state index contributed by atoms with van der Waals surface area (Å²) in [5.74, 6) is -0.268. The number of methoxy groups -OCH3 is 1. The Bertz CT molecular complexity index is 488. The quantitative estimate of drug-likeness (QED) is 0.379. The molecule has 0 unspecified atom stereocenters. The number of carbonyl (C=O) groups excluding carboxylic acids is 2. The number of ketones is 1. The monoisotopic (exact) mass is 320 g/mol. The second-order valence-electron chi connectivity index (χ2n) is 5.88. The minimum atomic E-state index is -1.12. The summed E-state index contributed by atoms with van der Waals surface area (Å²) in [5.41, 5.74) is -0.658. The van der Waals surface area contributed by atoms with Crippen molar-refractivity contribution in [3.63, 3.8) is 0 Å². The smallest absolute Gasteiger partial charge is 0.305 e. The van der Waals surface area contributed by atoms with Gasteiger partial charge in [-0.2, -0.15) is 0 Å². The SMILES string of the molecule is CC/C=C\C=C1\C(=O)C=C[C@@]1(O)CCCCCCCC(=O)OC. The zero-order valence-electron chi connectivity index (χ0n) is 14.2. The molecule has 0 aromatic heterocycles. The molecular weight excluding hydrogens is 292 g/mol. The summed E-state index contributed by atoms with van der Waals surface area (Å²) in [6.07, 6.45) is 15.2. The van der Waals surface area contributed by atoms with Gasteiger partial charge in [-0.3, -0.25) is 9.59 Å². The van der Waals surface area contributed by atoms with E-state index in [1.165, 1.54) is 13.2 Å². The first-order chi connectivity index (χ1) is 11.0. The average molecular weight is 320 g/mol. The van der Waals surface area contributed by atoms with Gasteiger partial charge in [0.2, 0.25) is 0 Å². The first-order valence-electron chi connectivity index (χ1n) is 8.43. The van der Waals surface area contributed by atoms with Crippen LogP contribution in [-0.4, -0.2) is 29.6 Å². The predicted octanol–water partition coefficient (Wildman–Crippen LogP) is 3.65. The summed E-state index contributed by atoms with van der Waals surface area (Å²) in [6.45, 7) is 2.02. The summed E-state index contributed by atoms with van der Waals surface area (Å²) in [5, 5.41) is 10.7. The Labute approximate surface area is 138 Å². The van der Waals surface area contributed by atoms with Crippen LogP contribution in [0.4, 0.5) is 0 Å². The minimum Gasteiger partial charge on any atom is -0.469 e. The molecule has 0 heterocycles. The standard InChI is InChI=1S/C19H28O4/c1-3-4-8-11-16-17(20)13-15-19(16,22)14-10-7-5-6-9-12-18(21)23-2/h4,8,11,13,15,22H,3,5-7,9-10,12,14H2,1-2H3/b8-4-,16-11-/t19-/m0/s1. The van der Waals surface area contributed by atoms with E-state index in [0.717, 1.165) is 38.5 Å². The third-order valence-electron chi connectivity index (χ3n) is 4.04. The van der Waals surface area contributed by atoms with Gasteiger partial charge >= 0.3 is 5.97 Å². The number of allylic oxidation sites excluding steroid dienone is 4. The molecule has 0 aromatic carbocycles. The number of hydrogen-bond acceptors (Lipinski definition) is 4. The number of rotatable bonds is 10. The molecule has 0 radical (unpaired) electrons. The van der Waals surface area contributed by atoms with Crippen molar-refractivity contribution in [3.05, 3.63) is 36.0 Å². The molecule has 23 heavy (non-hydrogen) atoms. The van der Waals surface area contributed by atoms with Gasteiger partial charge in [-0.05, 0) is 37.8 Å². The average Bonchev–Trinajstić information content (AvgIpc) is 2.82. The number of hydrogen-bond donors (Lipinski definition) is 1. The third kappa shape index (κ3) is 6.53. The largest absolute Gasteiger partial charge is 0.469 e. The Morgan fingerprint density at radius 3 is 2.65 bits per heavy atom. The van der Waals surface area contributed by atoms with Crippen LogP contribution in [0.1, 0.15) is 58.3 Å². The van der Waals surface area contributed by atoms with Crippen molar-refractivity contribution in [1.29, 1.82) is 0 Å². The highest BCUT2D eigenvalue weighted by Crippen LogP contribution is 2.31. The zero-order chi connectivity index (χ0) is 17.1. The molecule has 0 aromatic rings. The first kappa shape index (κ1) is 19.4. The highest BCUT2D eigenvalue weighted by atomic mass is 16.5. The van der Waals surface area contributed by atoms with Gasteiger partial charge < -0.3 is 9.84 Å². The lowest BCUT2D eigenvalue weighted by molar-refractivity contribution is -0.140. The molecule has 0 saturated carbocycles. The summed E-state index contributed by atoms with van der Waals surface area (Å²) in [4.78, 5) is 22.8. The van der Waals surface area contributed by atoms with Crippen molar-refractivity contribution < 1.29 is 19.4 Å². The Kier molecular flexibility index (Phi) is 8.56. The highest BCUT2D eigenvalue weighted by molar-refractivity contribution is 6.09. The molecule has 1 N–H and O–H groups in total. The summed E-state index contributed by atoms with van der Waals surface area (Å²) < 4.78 is 4.60. The van der Waals surface area contributed by atoms with Crippen LogP contribution >= 0.6 is 0 Å². The van der Waals surface area contributed by atoms with E-state index in [1.807, 2.05) is 19.1 Å². The second-order valence-corrected chi connectivity index (χ2v) is 5.88. The zero-order valence-corrected chi connectivity index (χ0v) is 14.2. The number of ether oxygens (including phenoxy) is 1. The van der Waals surface area contributed by atoms with Crippen molar-refractivity contribution in [2.75, 3.05) is 7.11 Å². The van der Waals surface area contributed by atoms with E-state index in [4.69, 9.17) is 0 Å². The van der Waals surface area contributed by atoms with Crippen LogP contribution in [0, 0.1) is 0 Å². The van der Waals surface area contributed by atoms with Crippen molar-refractivity contribution in [1.82, 2.24) is 0 Å². The van der Waals surface area contributed by atoms with Gasteiger partial charge in [0, 0.05) is 12.0 Å². The molecule has 4 nitrogen and oxygen atoms in total. The molecule has 4 heteroatoms. The number of unbranched alkanes of at least 4 members (excludes halogenated alkanes) is 4. The van der Waals surface area contributed by atoms with E-state index in [9.17, 15) is 14.7 Å². The lowest BCUT2D eigenvalue weighted by Gasteiger charge is -2.22. The minimum absolute atomic E-state index is 0.105. The molecule has 0 fully saturated rings. The molecule has 1 aliphatic rings. The number of aliphatic hydroxyl groups is 1. The van der Waals surface area contributed by atoms with E-state index < -0.39 is 5.60 Å². The van der Waals surface area contributed by atoms with Crippen molar-refractivity contribution in [3.8, 4) is 0 Å². The van der Waals surface area contributed by atoms with Gasteiger partial charge in [0.05, 0.1) is 7.11 Å². The maximum absolute atomic E-state index is 11.9. The molecule has 0 saturated heterocycles. The van der Waals surface area contributed by atoms with Crippen LogP contribution in [0.5, 0.6) is 0 Å². The topological polar surface area (TPSA) is 63.6 Å². The van der Waals surface area contributed by atoms with E-state index >= 15 is 0 Å². The Morgan fingerprint density at radius 2 is 1.96 bits per heavy atom. The molecule has 0 bridgehead atoms. The van der Waals surface area contributed by atoms with Crippen LogP contribution in [0.2, 0.25) is 0 Å². The van der Waals surface area contributed by atoms with Gasteiger partial charge in [-0.25, -0.2) is 0 Å². The second kappa shape index (κ2) is 10.2. The van der Waals surface area contributed by atoms with Gasteiger partial charge in [0.1, 0.15) is 5.60 Å². The van der Waals surface area contributed by atoms with Crippen LogP contribution in [-0.2, 0) is 14.3 Å². The number of esters is 1. The van der Waals surface area contributed by atoms with E-state index in [2.05, 4.69) is 4.74 Å². The predicted molar refractivity (Wildman–Crippen MR) is 90.9 cm³/mol. The van der Waals surface area contributed by atoms with E-state index in [0.29, 0.717) is 18.4 Å². The molecule has 1 rings (SSSR count). The van der Waals surface area contributed by atoms with Crippen LogP contribution < -0.4 is 0 Å². The third-order valence-corrected chi connectivity index (χ3v) is 4.04. The molecule has 0 amide bonds. The van der Waals surface area contributed by atoms with Gasteiger partial charge in [-0.1, -0.05) is 44.4 Å². The molecule has 0 aliphatic heterocycles. The Hall–Kier alpha value is -1.68. The normalized spacial score (nSPS) is 22.4. The summed E-state index contributed by atoms with van der Waals surface area (Å²) in [7, 11) is 1.40. The maximum atomic E-state index is 11.9. The fraction of sp³-hybridized carbons (Fsp3) is 0.579. The molecule has 0 spiro atoms. The van der Waals surface area contributed by atoms with Gasteiger partial charge in [-0.15, -0.1) is 0 Å². The number of carbonyl (C=O) groups is 2. The first-order valence-corrected chi connectivity index (χ1v) is 8.43. The summed E-state index contributed by atoms with van der Waals surface area (Å²) in [6, 6.07) is 0. The van der Waals surface area contributed by atoms with Gasteiger partial charge in [0.15, 0.2) is 5.78 Å². The van der Waals surface area contributed by atoms with Crippen molar-refractivity contribution in [2.45, 2.75) is 63.9 Å². The Balaban J connectivity index is 2.33.